The first-order chi connectivity index (χ1) is 13.3. The number of sulfonamides is 1. The molecule has 0 spiro atoms. The lowest BCUT2D eigenvalue weighted by Gasteiger charge is -2.28. The number of benzene rings is 2. The van der Waals surface area contributed by atoms with Gasteiger partial charge in [-0.25, -0.2) is 8.42 Å². The van der Waals surface area contributed by atoms with Gasteiger partial charge in [0.25, 0.3) is 5.91 Å². The molecule has 0 bridgehead atoms. The van der Waals surface area contributed by atoms with E-state index >= 15 is 0 Å². The maximum absolute atomic E-state index is 12.8. The van der Waals surface area contributed by atoms with Gasteiger partial charge in [0, 0.05) is 36.6 Å². The predicted octanol–water partition coefficient (Wildman–Crippen LogP) is 3.67. The van der Waals surface area contributed by atoms with Crippen molar-refractivity contribution in [2.75, 3.05) is 21.9 Å². The van der Waals surface area contributed by atoms with Gasteiger partial charge in [0.05, 0.1) is 11.4 Å². The second-order valence-electron chi connectivity index (χ2n) is 7.25. The molecule has 1 N–H and O–H groups in total. The highest BCUT2D eigenvalue weighted by atomic mass is 32.2. The van der Waals surface area contributed by atoms with E-state index in [4.69, 9.17) is 0 Å². The monoisotopic (exact) mass is 397 g/mol. The number of fused-ring (bicyclic) bond motifs is 1. The molecule has 1 amide bonds. The van der Waals surface area contributed by atoms with E-state index in [0.717, 1.165) is 28.6 Å². The molecule has 6 nitrogen and oxygen atoms in total. The van der Waals surface area contributed by atoms with Crippen molar-refractivity contribution in [3.8, 4) is 0 Å². The quantitative estimate of drug-likeness (QED) is 0.733. The third-order valence-electron chi connectivity index (χ3n) is 5.24. The van der Waals surface area contributed by atoms with E-state index in [2.05, 4.69) is 5.32 Å². The van der Waals surface area contributed by atoms with E-state index in [1.165, 1.54) is 4.31 Å². The van der Waals surface area contributed by atoms with Gasteiger partial charge in [0.1, 0.15) is 0 Å². The van der Waals surface area contributed by atoms with Crippen LogP contribution in [-0.2, 0) is 17.1 Å². The molecule has 0 atom stereocenters. The molecular formula is C21H23N3O3S. The number of hydrogen-bond acceptors (Lipinski definition) is 3. The summed E-state index contributed by atoms with van der Waals surface area (Å²) in [4.78, 5) is 12.8. The maximum atomic E-state index is 12.8. The minimum absolute atomic E-state index is 0.177. The Balaban J connectivity index is 1.58. The van der Waals surface area contributed by atoms with Crippen LogP contribution >= 0.6 is 0 Å². The summed E-state index contributed by atoms with van der Waals surface area (Å²) in [5.41, 5.74) is 3.67. The Hall–Kier alpha value is -2.80. The molecule has 1 aliphatic rings. The van der Waals surface area contributed by atoms with Crippen LogP contribution in [0, 0.1) is 6.92 Å². The fourth-order valence-corrected chi connectivity index (χ4v) is 5.31. The second-order valence-corrected chi connectivity index (χ2v) is 9.26. The molecule has 2 heterocycles. The normalized spacial score (nSPS) is 16.3. The third kappa shape index (κ3) is 3.38. The molecule has 1 aliphatic heterocycles. The van der Waals surface area contributed by atoms with Gasteiger partial charge in [-0.3, -0.25) is 9.10 Å². The summed E-state index contributed by atoms with van der Waals surface area (Å²) in [5, 5.41) is 4.05. The van der Waals surface area contributed by atoms with Crippen LogP contribution in [0.1, 0.15) is 28.8 Å². The average Bonchev–Trinajstić information content (AvgIpc) is 3.02. The fourth-order valence-electron chi connectivity index (χ4n) is 3.68. The zero-order chi connectivity index (χ0) is 19.9. The largest absolute Gasteiger partial charge is 0.350 e. The molecule has 3 aromatic rings. The van der Waals surface area contributed by atoms with Crippen LogP contribution in [0.5, 0.6) is 0 Å². The molecule has 0 aliphatic carbocycles. The van der Waals surface area contributed by atoms with Gasteiger partial charge in [-0.15, -0.1) is 0 Å². The number of amides is 1. The van der Waals surface area contributed by atoms with Crippen LogP contribution in [0.2, 0.25) is 0 Å². The van der Waals surface area contributed by atoms with Crippen molar-refractivity contribution >= 4 is 38.2 Å². The average molecular weight is 398 g/mol. The van der Waals surface area contributed by atoms with Crippen LogP contribution in [0.3, 0.4) is 0 Å². The van der Waals surface area contributed by atoms with Crippen molar-refractivity contribution in [1.29, 1.82) is 0 Å². The number of aryl methyl sites for hydroxylation is 2. The van der Waals surface area contributed by atoms with Crippen molar-refractivity contribution in [3.63, 3.8) is 0 Å². The smallest absolute Gasteiger partial charge is 0.255 e. The summed E-state index contributed by atoms with van der Waals surface area (Å²) in [6, 6.07) is 13.0. The first-order valence-electron chi connectivity index (χ1n) is 9.33. The maximum Gasteiger partial charge on any atom is 0.255 e. The van der Waals surface area contributed by atoms with Crippen molar-refractivity contribution in [3.05, 3.63) is 59.8 Å². The van der Waals surface area contributed by atoms with Crippen LogP contribution in [0.25, 0.3) is 10.9 Å². The number of rotatable bonds is 3. The Bertz CT molecular complexity index is 1160. The number of nitrogens with zero attached hydrogens (tertiary/aromatic N) is 2. The van der Waals surface area contributed by atoms with Gasteiger partial charge < -0.3 is 9.88 Å². The van der Waals surface area contributed by atoms with E-state index in [1.54, 1.807) is 18.2 Å². The molecule has 4 rings (SSSR count). The topological polar surface area (TPSA) is 71.4 Å². The molecule has 7 heteroatoms. The third-order valence-corrected chi connectivity index (χ3v) is 7.11. The summed E-state index contributed by atoms with van der Waals surface area (Å²) < 4.78 is 28.1. The van der Waals surface area contributed by atoms with E-state index in [1.807, 2.05) is 49.0 Å². The number of anilines is 2. The van der Waals surface area contributed by atoms with E-state index in [9.17, 15) is 13.2 Å². The van der Waals surface area contributed by atoms with Crippen molar-refractivity contribution < 1.29 is 13.2 Å². The second kappa shape index (κ2) is 6.98. The van der Waals surface area contributed by atoms with Crippen molar-refractivity contribution in [2.45, 2.75) is 19.8 Å². The lowest BCUT2D eigenvalue weighted by atomic mass is 10.1. The number of carbonyl (C=O) groups excluding carboxylic acids is 1. The first-order valence-corrected chi connectivity index (χ1v) is 10.9. The van der Waals surface area contributed by atoms with Crippen molar-refractivity contribution in [1.82, 2.24) is 4.57 Å². The Labute approximate surface area is 164 Å². The Morgan fingerprint density at radius 3 is 2.64 bits per heavy atom. The minimum atomic E-state index is -3.26. The van der Waals surface area contributed by atoms with Crippen molar-refractivity contribution in [2.24, 2.45) is 7.05 Å². The highest BCUT2D eigenvalue weighted by Crippen LogP contribution is 2.26. The standard InChI is InChI=1S/C21H23N3O3S/c1-15-13-18(24-10-3-4-12-28(24,26)27)7-8-19(15)21(25)22-17-6-5-16-9-11-23(2)20(16)14-17/h5-9,11,13-14H,3-4,10,12H2,1-2H3,(H,22,25). The molecule has 146 valence electrons. The van der Waals surface area contributed by atoms with Gasteiger partial charge >= 0.3 is 0 Å². The zero-order valence-electron chi connectivity index (χ0n) is 16.0. The molecular weight excluding hydrogens is 374 g/mol. The van der Waals surface area contributed by atoms with E-state index in [0.29, 0.717) is 24.2 Å². The van der Waals surface area contributed by atoms with E-state index < -0.39 is 10.0 Å². The highest BCUT2D eigenvalue weighted by molar-refractivity contribution is 7.92. The number of carbonyl (C=O) groups is 1. The fraction of sp³-hybridized carbons (Fsp3) is 0.286. The molecule has 0 saturated carbocycles. The zero-order valence-corrected chi connectivity index (χ0v) is 16.8. The Kier molecular flexibility index (Phi) is 4.63. The van der Waals surface area contributed by atoms with Crippen LogP contribution in [-0.4, -0.2) is 31.2 Å². The molecule has 1 fully saturated rings. The van der Waals surface area contributed by atoms with Gasteiger partial charge in [0.15, 0.2) is 0 Å². The molecule has 1 saturated heterocycles. The number of hydrogen-bond donors (Lipinski definition) is 1. The van der Waals surface area contributed by atoms with Gasteiger partial charge in [0.2, 0.25) is 10.0 Å². The van der Waals surface area contributed by atoms with Gasteiger partial charge in [-0.1, -0.05) is 6.07 Å². The minimum Gasteiger partial charge on any atom is -0.350 e. The highest BCUT2D eigenvalue weighted by Gasteiger charge is 2.26. The first kappa shape index (κ1) is 18.6. The Morgan fingerprint density at radius 1 is 1.07 bits per heavy atom. The molecule has 28 heavy (non-hydrogen) atoms. The molecule has 0 radical (unpaired) electrons. The summed E-state index contributed by atoms with van der Waals surface area (Å²) >= 11 is 0. The molecule has 1 aromatic heterocycles. The molecule has 2 aromatic carbocycles. The predicted molar refractivity (Wildman–Crippen MR) is 112 cm³/mol. The summed E-state index contributed by atoms with van der Waals surface area (Å²) in [6.07, 6.45) is 3.53. The number of aromatic nitrogens is 1. The summed E-state index contributed by atoms with van der Waals surface area (Å²) in [7, 11) is -1.30. The van der Waals surface area contributed by atoms with Crippen LogP contribution < -0.4 is 9.62 Å². The SMILES string of the molecule is Cc1cc(N2CCCCS2(=O)=O)ccc1C(=O)Nc1ccc2ccn(C)c2c1. The molecule has 0 unspecified atom stereocenters. The van der Waals surface area contributed by atoms with E-state index in [-0.39, 0.29) is 11.7 Å². The lowest BCUT2D eigenvalue weighted by molar-refractivity contribution is 0.102. The lowest BCUT2D eigenvalue weighted by Crippen LogP contribution is -2.37. The number of nitrogens with one attached hydrogen (secondary N) is 1. The summed E-state index contributed by atoms with van der Waals surface area (Å²) in [5.74, 6) is -0.0327. The Morgan fingerprint density at radius 2 is 1.89 bits per heavy atom. The van der Waals surface area contributed by atoms with Crippen LogP contribution in [0.15, 0.2) is 48.7 Å². The van der Waals surface area contributed by atoms with Gasteiger partial charge in [-0.2, -0.15) is 0 Å². The van der Waals surface area contributed by atoms with Crippen LogP contribution in [0.4, 0.5) is 11.4 Å². The van der Waals surface area contributed by atoms with Gasteiger partial charge in [-0.05, 0) is 67.1 Å². The summed E-state index contributed by atoms with van der Waals surface area (Å²) in [6.45, 7) is 2.32.